The number of rotatable bonds is 5. The molecule has 1 aromatic heterocycles. The topological polar surface area (TPSA) is 30.9 Å². The van der Waals surface area contributed by atoms with Crippen LogP contribution >= 0.6 is 0 Å². The van der Waals surface area contributed by atoms with Crippen molar-refractivity contribution in [3.8, 4) is 0 Å². The van der Waals surface area contributed by atoms with Gasteiger partial charge in [-0.05, 0) is 22.9 Å². The molecule has 2 rings (SSSR count). The molecule has 0 saturated carbocycles. The molecule has 0 unspecified atom stereocenters. The van der Waals surface area contributed by atoms with E-state index < -0.39 is 0 Å². The molecule has 1 heterocycles. The SMILES string of the molecule is CCC(CC)Cn1ccc2cccc(CN)c21. The van der Waals surface area contributed by atoms with Crippen LogP contribution in [0.1, 0.15) is 32.3 Å². The number of para-hydroxylation sites is 1. The Hall–Kier alpha value is -1.28. The number of benzene rings is 1. The monoisotopic (exact) mass is 230 g/mol. The van der Waals surface area contributed by atoms with Gasteiger partial charge in [0.05, 0.1) is 5.52 Å². The van der Waals surface area contributed by atoms with Gasteiger partial charge in [-0.15, -0.1) is 0 Å². The minimum Gasteiger partial charge on any atom is -0.347 e. The number of nitrogens with two attached hydrogens (primary N) is 1. The normalized spacial score (nSPS) is 11.5. The van der Waals surface area contributed by atoms with E-state index in [1.165, 1.54) is 29.3 Å². The first-order chi connectivity index (χ1) is 8.30. The van der Waals surface area contributed by atoms with E-state index in [1.807, 2.05) is 0 Å². The molecule has 92 valence electrons. The molecule has 0 bridgehead atoms. The molecule has 2 nitrogen and oxygen atoms in total. The average molecular weight is 230 g/mol. The standard InChI is InChI=1S/C15H22N2/c1-3-12(4-2)11-17-9-8-13-6-5-7-14(10-16)15(13)17/h5-9,12H,3-4,10-11,16H2,1-2H3. The summed E-state index contributed by atoms with van der Waals surface area (Å²) < 4.78 is 2.37. The van der Waals surface area contributed by atoms with Crippen LogP contribution in [-0.4, -0.2) is 4.57 Å². The maximum absolute atomic E-state index is 5.83. The molecule has 0 saturated heterocycles. The fourth-order valence-electron chi connectivity index (χ4n) is 2.48. The van der Waals surface area contributed by atoms with Gasteiger partial charge < -0.3 is 10.3 Å². The Balaban J connectivity index is 2.40. The molecule has 0 aliphatic carbocycles. The third kappa shape index (κ3) is 2.37. The summed E-state index contributed by atoms with van der Waals surface area (Å²) in [5.74, 6) is 0.761. The lowest BCUT2D eigenvalue weighted by Crippen LogP contribution is -2.09. The van der Waals surface area contributed by atoms with Gasteiger partial charge in [-0.1, -0.05) is 44.9 Å². The predicted molar refractivity (Wildman–Crippen MR) is 73.9 cm³/mol. The summed E-state index contributed by atoms with van der Waals surface area (Å²) in [6.07, 6.45) is 4.67. The van der Waals surface area contributed by atoms with Crippen molar-refractivity contribution in [1.29, 1.82) is 0 Å². The molecular weight excluding hydrogens is 208 g/mol. The van der Waals surface area contributed by atoms with Crippen LogP contribution in [0.5, 0.6) is 0 Å². The van der Waals surface area contributed by atoms with Crippen LogP contribution in [0.3, 0.4) is 0 Å². The van der Waals surface area contributed by atoms with Crippen molar-refractivity contribution in [2.24, 2.45) is 11.7 Å². The fourth-order valence-corrected chi connectivity index (χ4v) is 2.48. The van der Waals surface area contributed by atoms with Crippen LogP contribution in [0.4, 0.5) is 0 Å². The molecular formula is C15H22N2. The van der Waals surface area contributed by atoms with Gasteiger partial charge in [0.1, 0.15) is 0 Å². The highest BCUT2D eigenvalue weighted by Gasteiger charge is 2.09. The Bertz CT molecular complexity index is 481. The number of fused-ring (bicyclic) bond motifs is 1. The van der Waals surface area contributed by atoms with Crippen molar-refractivity contribution in [3.63, 3.8) is 0 Å². The molecule has 2 aromatic rings. The molecule has 2 N–H and O–H groups in total. The van der Waals surface area contributed by atoms with Gasteiger partial charge in [0.2, 0.25) is 0 Å². The molecule has 0 atom stereocenters. The smallest absolute Gasteiger partial charge is 0.0525 e. The van der Waals surface area contributed by atoms with Gasteiger partial charge >= 0.3 is 0 Å². The molecule has 0 radical (unpaired) electrons. The zero-order valence-corrected chi connectivity index (χ0v) is 10.8. The number of hydrogen-bond donors (Lipinski definition) is 1. The van der Waals surface area contributed by atoms with Crippen LogP contribution in [0.15, 0.2) is 30.5 Å². The molecule has 0 aliphatic heterocycles. The Morgan fingerprint density at radius 1 is 1.18 bits per heavy atom. The van der Waals surface area contributed by atoms with Crippen molar-refractivity contribution < 1.29 is 0 Å². The van der Waals surface area contributed by atoms with E-state index in [2.05, 4.69) is 48.9 Å². The number of aromatic nitrogens is 1. The zero-order valence-electron chi connectivity index (χ0n) is 10.8. The summed E-state index contributed by atoms with van der Waals surface area (Å²) in [4.78, 5) is 0. The van der Waals surface area contributed by atoms with Gasteiger partial charge in [-0.2, -0.15) is 0 Å². The highest BCUT2D eigenvalue weighted by Crippen LogP contribution is 2.22. The third-order valence-corrected chi connectivity index (χ3v) is 3.70. The van der Waals surface area contributed by atoms with E-state index in [1.54, 1.807) is 0 Å². The second-order valence-electron chi connectivity index (χ2n) is 4.71. The zero-order chi connectivity index (χ0) is 12.3. The lowest BCUT2D eigenvalue weighted by Gasteiger charge is -2.15. The number of nitrogens with zero attached hydrogens (tertiary/aromatic N) is 1. The van der Waals surface area contributed by atoms with Gasteiger partial charge in [0.25, 0.3) is 0 Å². The Kier molecular flexibility index (Phi) is 3.85. The van der Waals surface area contributed by atoms with Crippen molar-refractivity contribution in [1.82, 2.24) is 4.57 Å². The highest BCUT2D eigenvalue weighted by atomic mass is 15.0. The molecule has 0 aliphatic rings. The Morgan fingerprint density at radius 2 is 1.94 bits per heavy atom. The van der Waals surface area contributed by atoms with Crippen LogP contribution in [0.25, 0.3) is 10.9 Å². The molecule has 2 heteroatoms. The third-order valence-electron chi connectivity index (χ3n) is 3.70. The lowest BCUT2D eigenvalue weighted by molar-refractivity contribution is 0.425. The quantitative estimate of drug-likeness (QED) is 0.837. The van der Waals surface area contributed by atoms with Crippen LogP contribution in [0, 0.1) is 5.92 Å². The first kappa shape index (κ1) is 12.2. The first-order valence-electron chi connectivity index (χ1n) is 6.56. The average Bonchev–Trinajstić information content (AvgIpc) is 2.79. The second kappa shape index (κ2) is 5.37. The molecule has 17 heavy (non-hydrogen) atoms. The highest BCUT2D eigenvalue weighted by molar-refractivity contribution is 5.83. The Labute approximate surface area is 103 Å². The van der Waals surface area contributed by atoms with E-state index in [0.717, 1.165) is 12.5 Å². The van der Waals surface area contributed by atoms with Gasteiger partial charge in [0.15, 0.2) is 0 Å². The molecule has 1 aromatic carbocycles. The summed E-state index contributed by atoms with van der Waals surface area (Å²) in [7, 11) is 0. The van der Waals surface area contributed by atoms with Crippen LogP contribution < -0.4 is 5.73 Å². The van der Waals surface area contributed by atoms with Crippen molar-refractivity contribution >= 4 is 10.9 Å². The maximum Gasteiger partial charge on any atom is 0.0525 e. The van der Waals surface area contributed by atoms with Crippen molar-refractivity contribution in [2.45, 2.75) is 39.8 Å². The van der Waals surface area contributed by atoms with E-state index in [9.17, 15) is 0 Å². The van der Waals surface area contributed by atoms with Crippen molar-refractivity contribution in [2.75, 3.05) is 0 Å². The summed E-state index contributed by atoms with van der Waals surface area (Å²) in [5.41, 5.74) is 8.40. The summed E-state index contributed by atoms with van der Waals surface area (Å²) in [6, 6.07) is 8.58. The summed E-state index contributed by atoms with van der Waals surface area (Å²) in [6.45, 7) is 6.26. The van der Waals surface area contributed by atoms with Crippen LogP contribution in [-0.2, 0) is 13.1 Å². The molecule has 0 amide bonds. The summed E-state index contributed by atoms with van der Waals surface area (Å²) >= 11 is 0. The number of hydrogen-bond acceptors (Lipinski definition) is 1. The largest absolute Gasteiger partial charge is 0.347 e. The second-order valence-corrected chi connectivity index (χ2v) is 4.71. The van der Waals surface area contributed by atoms with E-state index >= 15 is 0 Å². The maximum atomic E-state index is 5.83. The minimum absolute atomic E-state index is 0.615. The van der Waals surface area contributed by atoms with Gasteiger partial charge in [-0.25, -0.2) is 0 Å². The van der Waals surface area contributed by atoms with Crippen LogP contribution in [0.2, 0.25) is 0 Å². The molecule has 0 spiro atoms. The molecule has 0 fully saturated rings. The van der Waals surface area contributed by atoms with Crippen molar-refractivity contribution in [3.05, 3.63) is 36.0 Å². The first-order valence-corrected chi connectivity index (χ1v) is 6.56. The van der Waals surface area contributed by atoms with E-state index in [-0.39, 0.29) is 0 Å². The Morgan fingerprint density at radius 3 is 2.59 bits per heavy atom. The van der Waals surface area contributed by atoms with E-state index in [0.29, 0.717) is 6.54 Å². The van der Waals surface area contributed by atoms with Gasteiger partial charge in [0, 0.05) is 19.3 Å². The van der Waals surface area contributed by atoms with Gasteiger partial charge in [-0.3, -0.25) is 0 Å². The lowest BCUT2D eigenvalue weighted by atomic mass is 10.0. The minimum atomic E-state index is 0.615. The van der Waals surface area contributed by atoms with E-state index in [4.69, 9.17) is 5.73 Å². The fraction of sp³-hybridized carbons (Fsp3) is 0.467. The predicted octanol–water partition coefficient (Wildman–Crippen LogP) is 3.54. The summed E-state index contributed by atoms with van der Waals surface area (Å²) in [5, 5.41) is 1.30.